The largest absolute Gasteiger partial charge is 0.316 e. The van der Waals surface area contributed by atoms with Crippen LogP contribution in [0.2, 0.25) is 10.0 Å². The molecule has 0 saturated carbocycles. The minimum absolute atomic E-state index is 0.390. The van der Waals surface area contributed by atoms with Crippen LogP contribution in [-0.2, 0) is 14.8 Å². The van der Waals surface area contributed by atoms with Crippen LogP contribution in [0.15, 0.2) is 47.6 Å². The van der Waals surface area contributed by atoms with Gasteiger partial charge in [0.2, 0.25) is 10.0 Å². The molecule has 0 atom stereocenters. The number of amides is 1. The molecule has 0 aliphatic carbocycles. The summed E-state index contributed by atoms with van der Waals surface area (Å²) in [5.74, 6) is -0.559. The fourth-order valence-corrected chi connectivity index (χ4v) is 5.19. The second kappa shape index (κ2) is 10.2. The lowest BCUT2D eigenvalue weighted by Crippen LogP contribution is -2.39. The van der Waals surface area contributed by atoms with E-state index in [1.54, 1.807) is 44.2 Å². The zero-order valence-corrected chi connectivity index (χ0v) is 21.9. The van der Waals surface area contributed by atoms with E-state index in [1.807, 2.05) is 30.5 Å². The summed E-state index contributed by atoms with van der Waals surface area (Å²) < 4.78 is 27.9. The van der Waals surface area contributed by atoms with Gasteiger partial charge in [0.1, 0.15) is 6.54 Å². The van der Waals surface area contributed by atoms with E-state index in [9.17, 15) is 13.2 Å². The molecule has 0 radical (unpaired) electrons. The van der Waals surface area contributed by atoms with E-state index >= 15 is 0 Å². The molecule has 7 nitrogen and oxygen atoms in total. The molecule has 0 fully saturated rings. The molecule has 2 aromatic carbocycles. The Morgan fingerprint density at radius 1 is 1.09 bits per heavy atom. The van der Waals surface area contributed by atoms with Gasteiger partial charge in [-0.05, 0) is 63.1 Å². The first-order chi connectivity index (χ1) is 15.9. The number of hydrazone groups is 1. The Balaban J connectivity index is 1.80. The van der Waals surface area contributed by atoms with Crippen LogP contribution in [0.3, 0.4) is 0 Å². The molecular formula is C24H26Cl2N4O3S. The van der Waals surface area contributed by atoms with E-state index in [0.29, 0.717) is 15.7 Å². The van der Waals surface area contributed by atoms with Crippen LogP contribution < -0.4 is 9.73 Å². The first-order valence-electron chi connectivity index (χ1n) is 10.4. The average Bonchev–Trinajstić information content (AvgIpc) is 3.01. The zero-order chi connectivity index (χ0) is 25.2. The molecule has 0 spiro atoms. The number of halogens is 2. The summed E-state index contributed by atoms with van der Waals surface area (Å²) in [5.41, 5.74) is 7.71. The topological polar surface area (TPSA) is 83.8 Å². The van der Waals surface area contributed by atoms with Crippen LogP contribution >= 0.6 is 23.2 Å². The second-order valence-electron chi connectivity index (χ2n) is 8.06. The molecule has 1 amide bonds. The van der Waals surface area contributed by atoms with Crippen LogP contribution in [0.4, 0.5) is 5.69 Å². The summed E-state index contributed by atoms with van der Waals surface area (Å²) in [6.45, 7) is 7.05. The zero-order valence-electron chi connectivity index (χ0n) is 19.6. The van der Waals surface area contributed by atoms with Gasteiger partial charge in [0.15, 0.2) is 0 Å². The molecule has 180 valence electrons. The van der Waals surface area contributed by atoms with Gasteiger partial charge >= 0.3 is 0 Å². The van der Waals surface area contributed by atoms with E-state index in [4.69, 9.17) is 23.2 Å². The SMILES string of the molecule is Cc1cccc(C)c1N(CC(=O)N/N=C/c1cc(C)n(-c2cc(Cl)ccc2Cl)c1C)S(C)(=O)=O. The van der Waals surface area contributed by atoms with Gasteiger partial charge in [0, 0.05) is 22.0 Å². The molecule has 0 unspecified atom stereocenters. The highest BCUT2D eigenvalue weighted by atomic mass is 35.5. The smallest absolute Gasteiger partial charge is 0.260 e. The normalized spacial score (nSPS) is 11.7. The minimum atomic E-state index is -3.69. The molecule has 34 heavy (non-hydrogen) atoms. The van der Waals surface area contributed by atoms with E-state index in [2.05, 4.69) is 10.5 Å². The van der Waals surface area contributed by atoms with Gasteiger partial charge in [0.05, 0.1) is 28.9 Å². The summed E-state index contributed by atoms with van der Waals surface area (Å²) in [4.78, 5) is 12.6. The lowest BCUT2D eigenvalue weighted by Gasteiger charge is -2.25. The summed E-state index contributed by atoms with van der Waals surface area (Å²) in [6.07, 6.45) is 2.59. The van der Waals surface area contributed by atoms with Crippen LogP contribution in [0.1, 0.15) is 28.1 Å². The number of carbonyl (C=O) groups is 1. The van der Waals surface area contributed by atoms with E-state index in [-0.39, 0.29) is 6.54 Å². The van der Waals surface area contributed by atoms with Crippen molar-refractivity contribution in [3.8, 4) is 5.69 Å². The van der Waals surface area contributed by atoms with Gasteiger partial charge in [-0.25, -0.2) is 13.8 Å². The third-order valence-corrected chi connectivity index (χ3v) is 7.06. The summed E-state index contributed by atoms with van der Waals surface area (Å²) in [6, 6.07) is 12.6. The number of nitrogens with one attached hydrogen (secondary N) is 1. The quantitative estimate of drug-likeness (QED) is 0.353. The van der Waals surface area contributed by atoms with Crippen molar-refractivity contribution in [1.82, 2.24) is 9.99 Å². The van der Waals surface area contributed by atoms with Gasteiger partial charge < -0.3 is 4.57 Å². The number of aryl methyl sites for hydroxylation is 3. The van der Waals surface area contributed by atoms with Crippen molar-refractivity contribution in [2.75, 3.05) is 17.1 Å². The Morgan fingerprint density at radius 2 is 1.74 bits per heavy atom. The predicted octanol–water partition coefficient (Wildman–Crippen LogP) is 4.93. The Hall–Kier alpha value is -2.81. The van der Waals surface area contributed by atoms with Crippen molar-refractivity contribution < 1.29 is 13.2 Å². The van der Waals surface area contributed by atoms with Gasteiger partial charge in [-0.1, -0.05) is 41.4 Å². The monoisotopic (exact) mass is 520 g/mol. The number of carbonyl (C=O) groups excluding carboxylic acids is 1. The van der Waals surface area contributed by atoms with Crippen LogP contribution in [0.5, 0.6) is 0 Å². The molecule has 0 aliphatic heterocycles. The highest BCUT2D eigenvalue weighted by Crippen LogP contribution is 2.29. The van der Waals surface area contributed by atoms with Crippen LogP contribution in [0, 0.1) is 27.7 Å². The standard InChI is InChI=1S/C24H26Cl2N4O3S/c1-15-7-6-8-16(2)24(15)29(34(5,32)33)14-23(31)28-27-13-19-11-17(3)30(18(19)4)22-12-20(25)9-10-21(22)26/h6-13H,14H2,1-5H3,(H,28,31)/b27-13+. The molecule has 0 bridgehead atoms. The van der Waals surface area contributed by atoms with E-state index < -0.39 is 15.9 Å². The lowest BCUT2D eigenvalue weighted by atomic mass is 10.1. The van der Waals surface area contributed by atoms with Crippen LogP contribution in [-0.4, -0.2) is 37.9 Å². The Labute approximate surface area is 210 Å². The molecule has 10 heteroatoms. The fraction of sp³-hybridized carbons (Fsp3) is 0.250. The number of anilines is 1. The number of hydrogen-bond donors (Lipinski definition) is 1. The second-order valence-corrected chi connectivity index (χ2v) is 10.8. The highest BCUT2D eigenvalue weighted by molar-refractivity contribution is 7.92. The molecule has 0 aliphatic rings. The third kappa shape index (κ3) is 5.63. The number of benzene rings is 2. The van der Waals surface area contributed by atoms with E-state index in [0.717, 1.165) is 44.3 Å². The first-order valence-corrected chi connectivity index (χ1v) is 13.0. The maximum absolute atomic E-state index is 12.6. The molecule has 1 heterocycles. The number of rotatable bonds is 7. The van der Waals surface area contributed by atoms with E-state index in [1.165, 1.54) is 6.21 Å². The van der Waals surface area contributed by atoms with Gasteiger partial charge in [0.25, 0.3) is 5.91 Å². The summed E-state index contributed by atoms with van der Waals surface area (Å²) in [5, 5.41) is 5.16. The predicted molar refractivity (Wildman–Crippen MR) is 139 cm³/mol. The first kappa shape index (κ1) is 25.8. The molecule has 0 saturated heterocycles. The maximum Gasteiger partial charge on any atom is 0.260 e. The number of sulfonamides is 1. The maximum atomic E-state index is 12.6. The van der Waals surface area contributed by atoms with Crippen molar-refractivity contribution in [1.29, 1.82) is 0 Å². The Kier molecular flexibility index (Phi) is 7.75. The van der Waals surface area contributed by atoms with Crippen LogP contribution in [0.25, 0.3) is 5.69 Å². The summed E-state index contributed by atoms with van der Waals surface area (Å²) >= 11 is 12.5. The Morgan fingerprint density at radius 3 is 2.35 bits per heavy atom. The van der Waals surface area contributed by atoms with Gasteiger partial charge in [-0.2, -0.15) is 5.10 Å². The highest BCUT2D eigenvalue weighted by Gasteiger charge is 2.23. The summed E-state index contributed by atoms with van der Waals surface area (Å²) in [7, 11) is -3.69. The van der Waals surface area contributed by atoms with Crippen molar-refractivity contribution in [3.05, 3.63) is 80.6 Å². The lowest BCUT2D eigenvalue weighted by molar-refractivity contribution is -0.119. The fourth-order valence-electron chi connectivity index (χ4n) is 3.85. The van der Waals surface area contributed by atoms with Gasteiger partial charge in [-0.3, -0.25) is 9.10 Å². The number of hydrogen-bond acceptors (Lipinski definition) is 4. The molecule has 3 aromatic rings. The molecule has 1 N–H and O–H groups in total. The third-order valence-electron chi connectivity index (χ3n) is 5.39. The average molecular weight is 521 g/mol. The van der Waals surface area contributed by atoms with Crippen molar-refractivity contribution in [2.24, 2.45) is 5.10 Å². The van der Waals surface area contributed by atoms with Gasteiger partial charge in [-0.15, -0.1) is 0 Å². The Bertz CT molecular complexity index is 1360. The van der Waals surface area contributed by atoms with Crippen molar-refractivity contribution >= 4 is 51.0 Å². The number of nitrogens with zero attached hydrogens (tertiary/aromatic N) is 3. The molecule has 1 aromatic heterocycles. The van der Waals surface area contributed by atoms with Crippen molar-refractivity contribution in [3.63, 3.8) is 0 Å². The number of para-hydroxylation sites is 1. The minimum Gasteiger partial charge on any atom is -0.316 e. The molecular weight excluding hydrogens is 495 g/mol. The van der Waals surface area contributed by atoms with Crippen molar-refractivity contribution in [2.45, 2.75) is 27.7 Å². The number of aromatic nitrogens is 1. The molecule has 3 rings (SSSR count).